The van der Waals surface area contributed by atoms with E-state index >= 15 is 0 Å². The Morgan fingerprint density at radius 1 is 1.35 bits per heavy atom. The summed E-state index contributed by atoms with van der Waals surface area (Å²) in [6.45, 7) is 9.17. The van der Waals surface area contributed by atoms with Gasteiger partial charge in [-0.2, -0.15) is 0 Å². The van der Waals surface area contributed by atoms with Crippen molar-refractivity contribution in [2.45, 2.75) is 47.0 Å². The zero-order chi connectivity index (χ0) is 17.2. The smallest absolute Gasteiger partial charge is 0.267 e. The maximum absolute atomic E-state index is 12.5. The summed E-state index contributed by atoms with van der Waals surface area (Å²) < 4.78 is 0. The van der Waals surface area contributed by atoms with Gasteiger partial charge in [0.25, 0.3) is 5.91 Å². The number of primary amides is 1. The molecule has 1 fully saturated rings. The van der Waals surface area contributed by atoms with Crippen molar-refractivity contribution in [2.24, 2.45) is 17.1 Å². The highest BCUT2D eigenvalue weighted by molar-refractivity contribution is 5.90. The van der Waals surface area contributed by atoms with Crippen LogP contribution in [-0.4, -0.2) is 39.8 Å². The van der Waals surface area contributed by atoms with Crippen molar-refractivity contribution in [3.05, 3.63) is 23.3 Å². The summed E-state index contributed by atoms with van der Waals surface area (Å²) in [6.07, 6.45) is 2.79. The first-order valence-corrected chi connectivity index (χ1v) is 8.10. The molecule has 0 saturated carbocycles. The Morgan fingerprint density at radius 2 is 2.04 bits per heavy atom. The van der Waals surface area contributed by atoms with Gasteiger partial charge in [0.1, 0.15) is 11.5 Å². The highest BCUT2D eigenvalue weighted by Crippen LogP contribution is 2.25. The Labute approximate surface area is 137 Å². The molecule has 1 aliphatic rings. The van der Waals surface area contributed by atoms with E-state index in [4.69, 9.17) is 5.73 Å². The van der Waals surface area contributed by atoms with Crippen LogP contribution in [0.5, 0.6) is 0 Å². The molecule has 6 nitrogen and oxygen atoms in total. The molecule has 6 heteroatoms. The number of rotatable bonds is 3. The fraction of sp³-hybridized carbons (Fsp3) is 0.647. The minimum absolute atomic E-state index is 0.193. The largest absolute Gasteiger partial charge is 0.364 e. The van der Waals surface area contributed by atoms with Crippen molar-refractivity contribution < 1.29 is 9.59 Å². The Kier molecular flexibility index (Phi) is 5.02. The second-order valence-electron chi connectivity index (χ2n) is 7.37. The fourth-order valence-corrected chi connectivity index (χ4v) is 3.05. The number of aromatic nitrogens is 2. The molecule has 2 rings (SSSR count). The Bertz CT molecular complexity index is 607. The van der Waals surface area contributed by atoms with Gasteiger partial charge in [0.05, 0.1) is 0 Å². The van der Waals surface area contributed by atoms with Crippen molar-refractivity contribution >= 4 is 11.8 Å². The topological polar surface area (TPSA) is 89.2 Å². The summed E-state index contributed by atoms with van der Waals surface area (Å²) in [6, 6.07) is 1.67. The van der Waals surface area contributed by atoms with Crippen molar-refractivity contribution in [1.29, 1.82) is 0 Å². The molecule has 2 N–H and O–H groups in total. The van der Waals surface area contributed by atoms with E-state index in [2.05, 4.69) is 9.97 Å². The Morgan fingerprint density at radius 3 is 2.65 bits per heavy atom. The molecule has 1 unspecified atom stereocenters. The molecule has 1 saturated heterocycles. The van der Waals surface area contributed by atoms with Crippen LogP contribution in [0.25, 0.3) is 0 Å². The predicted octanol–water partition coefficient (Wildman–Crippen LogP) is 1.71. The van der Waals surface area contributed by atoms with E-state index < -0.39 is 5.91 Å². The van der Waals surface area contributed by atoms with E-state index in [0.29, 0.717) is 11.7 Å². The van der Waals surface area contributed by atoms with E-state index in [-0.39, 0.29) is 17.0 Å². The maximum Gasteiger partial charge on any atom is 0.267 e. The van der Waals surface area contributed by atoms with Gasteiger partial charge < -0.3 is 10.6 Å². The molecule has 23 heavy (non-hydrogen) atoms. The number of nitrogens with zero attached hydrogens (tertiary/aromatic N) is 3. The van der Waals surface area contributed by atoms with Gasteiger partial charge in [0, 0.05) is 24.2 Å². The number of nitrogens with two attached hydrogens (primary N) is 1. The summed E-state index contributed by atoms with van der Waals surface area (Å²) in [4.78, 5) is 34.2. The van der Waals surface area contributed by atoms with Gasteiger partial charge in [-0.25, -0.2) is 9.97 Å². The van der Waals surface area contributed by atoms with Gasteiger partial charge in [-0.05, 0) is 38.2 Å². The van der Waals surface area contributed by atoms with Gasteiger partial charge >= 0.3 is 0 Å². The molecule has 0 radical (unpaired) electrons. The summed E-state index contributed by atoms with van der Waals surface area (Å²) in [7, 11) is 0. The normalized spacial score (nSPS) is 18.8. The third-order valence-electron chi connectivity index (χ3n) is 4.09. The molecule has 0 aromatic carbocycles. The minimum atomic E-state index is -0.537. The summed E-state index contributed by atoms with van der Waals surface area (Å²) >= 11 is 0. The molecule has 0 bridgehead atoms. The Balaban J connectivity index is 2.09. The molecule has 2 heterocycles. The van der Waals surface area contributed by atoms with E-state index in [1.165, 1.54) is 0 Å². The van der Waals surface area contributed by atoms with E-state index in [9.17, 15) is 9.59 Å². The minimum Gasteiger partial charge on any atom is -0.364 e. The van der Waals surface area contributed by atoms with Crippen molar-refractivity contribution in [2.75, 3.05) is 13.1 Å². The van der Waals surface area contributed by atoms with Gasteiger partial charge in [-0.3, -0.25) is 9.59 Å². The highest BCUT2D eigenvalue weighted by atomic mass is 16.2. The van der Waals surface area contributed by atoms with Crippen LogP contribution in [0.3, 0.4) is 0 Å². The van der Waals surface area contributed by atoms with Gasteiger partial charge in [-0.1, -0.05) is 20.8 Å². The second-order valence-corrected chi connectivity index (χ2v) is 7.37. The van der Waals surface area contributed by atoms with Gasteiger partial charge in [0.15, 0.2) is 0 Å². The Hall–Kier alpha value is -1.98. The second kappa shape index (κ2) is 6.64. The number of hydrogen-bond donors (Lipinski definition) is 1. The molecule has 0 spiro atoms. The van der Waals surface area contributed by atoms with Crippen LogP contribution in [0.1, 0.15) is 55.6 Å². The molecule has 1 aromatic heterocycles. The van der Waals surface area contributed by atoms with Crippen molar-refractivity contribution in [3.63, 3.8) is 0 Å². The van der Waals surface area contributed by atoms with Crippen LogP contribution in [-0.2, 0) is 11.2 Å². The van der Waals surface area contributed by atoms with E-state index in [1.807, 2.05) is 25.7 Å². The number of carbonyl (C=O) groups excluding carboxylic acids is 2. The summed E-state index contributed by atoms with van der Waals surface area (Å²) in [5.74, 6) is 0.559. The third-order valence-corrected chi connectivity index (χ3v) is 4.09. The van der Waals surface area contributed by atoms with Crippen LogP contribution >= 0.6 is 0 Å². The summed E-state index contributed by atoms with van der Waals surface area (Å²) in [5.41, 5.74) is 6.03. The molecule has 126 valence electrons. The molecular weight excluding hydrogens is 292 g/mol. The fourth-order valence-electron chi connectivity index (χ4n) is 3.05. The zero-order valence-corrected chi connectivity index (χ0v) is 14.4. The first-order chi connectivity index (χ1) is 10.7. The number of amides is 2. The van der Waals surface area contributed by atoms with Crippen molar-refractivity contribution in [1.82, 2.24) is 14.9 Å². The van der Waals surface area contributed by atoms with E-state index in [0.717, 1.165) is 38.0 Å². The first-order valence-electron chi connectivity index (χ1n) is 8.10. The third kappa shape index (κ3) is 4.50. The molecule has 1 aromatic rings. The van der Waals surface area contributed by atoms with Crippen LogP contribution in [0.15, 0.2) is 6.07 Å². The lowest BCUT2D eigenvalue weighted by molar-refractivity contribution is -0.141. The number of carbonyl (C=O) groups is 2. The number of likely N-dealkylation sites (tertiary alicyclic amines) is 1. The number of hydrogen-bond acceptors (Lipinski definition) is 4. The SMILES string of the molecule is Cc1nc(CC2CCCN(C(=O)C(C)(C)C)C2)cc(C(N)=O)n1. The van der Waals surface area contributed by atoms with Crippen LogP contribution in [0.4, 0.5) is 0 Å². The lowest BCUT2D eigenvalue weighted by Crippen LogP contribution is -2.45. The number of aryl methyl sites for hydroxylation is 1. The lowest BCUT2D eigenvalue weighted by Gasteiger charge is -2.36. The van der Waals surface area contributed by atoms with E-state index in [1.54, 1.807) is 13.0 Å². The van der Waals surface area contributed by atoms with Crippen LogP contribution in [0.2, 0.25) is 0 Å². The monoisotopic (exact) mass is 318 g/mol. The van der Waals surface area contributed by atoms with Crippen LogP contribution in [0, 0.1) is 18.3 Å². The quantitative estimate of drug-likeness (QED) is 0.918. The molecule has 0 aliphatic carbocycles. The average molecular weight is 318 g/mol. The standard InChI is InChI=1S/C17H26N4O2/c1-11-19-13(9-14(20-11)15(18)22)8-12-6-5-7-21(10-12)16(23)17(2,3)4/h9,12H,5-8,10H2,1-4H3,(H2,18,22). The van der Waals surface area contributed by atoms with Gasteiger partial charge in [-0.15, -0.1) is 0 Å². The lowest BCUT2D eigenvalue weighted by atomic mass is 9.89. The zero-order valence-electron chi connectivity index (χ0n) is 14.4. The molecule has 1 aliphatic heterocycles. The first kappa shape index (κ1) is 17.4. The van der Waals surface area contributed by atoms with Crippen LogP contribution < -0.4 is 5.73 Å². The molecular formula is C17H26N4O2. The number of piperidine rings is 1. The van der Waals surface area contributed by atoms with Crippen molar-refractivity contribution in [3.8, 4) is 0 Å². The molecule has 2 amide bonds. The van der Waals surface area contributed by atoms with Gasteiger partial charge in [0.2, 0.25) is 5.91 Å². The maximum atomic E-state index is 12.5. The summed E-state index contributed by atoms with van der Waals surface area (Å²) in [5, 5.41) is 0. The predicted molar refractivity (Wildman–Crippen MR) is 87.7 cm³/mol. The highest BCUT2D eigenvalue weighted by Gasteiger charge is 2.31. The average Bonchev–Trinajstić information content (AvgIpc) is 2.45. The molecule has 1 atom stereocenters.